The van der Waals surface area contributed by atoms with E-state index in [0.717, 1.165) is 40.7 Å². The summed E-state index contributed by atoms with van der Waals surface area (Å²) in [7, 11) is 0. The highest BCUT2D eigenvalue weighted by atomic mass is 16.2. The van der Waals surface area contributed by atoms with Gasteiger partial charge in [-0.25, -0.2) is 9.50 Å². The zero-order valence-corrected chi connectivity index (χ0v) is 19.9. The summed E-state index contributed by atoms with van der Waals surface area (Å²) in [6.45, 7) is 3.70. The molecule has 2 aromatic carbocycles. The summed E-state index contributed by atoms with van der Waals surface area (Å²) < 4.78 is 3.30. The molecule has 1 amide bonds. The summed E-state index contributed by atoms with van der Waals surface area (Å²) >= 11 is 0. The maximum atomic E-state index is 14.0. The highest BCUT2D eigenvalue weighted by Gasteiger charge is 2.29. The standard InChI is InChI=1S/C29H23N5O2/c1-4-19-11-12-20-13-14-22-24(20)25(19)29(36)34(21-9-6-5-7-10-21)26(22)18(3)31-28(35)23-17(2)32-33-16-8-15-30-27(23)33/h1,5-12,15-16,18H,13-14H2,2-3H3,(H,31,35)/t18-/m1/s1. The van der Waals surface area contributed by atoms with Crippen LogP contribution in [0.4, 0.5) is 0 Å². The molecule has 0 fully saturated rings. The molecule has 0 saturated carbocycles. The molecule has 0 saturated heterocycles. The molecule has 1 atom stereocenters. The second-order valence-electron chi connectivity index (χ2n) is 9.05. The molecule has 0 aliphatic heterocycles. The lowest BCUT2D eigenvalue weighted by atomic mass is 9.97. The van der Waals surface area contributed by atoms with Gasteiger partial charge < -0.3 is 5.32 Å². The monoisotopic (exact) mass is 473 g/mol. The Morgan fingerprint density at radius 1 is 1.11 bits per heavy atom. The molecule has 0 bridgehead atoms. The number of aromatic nitrogens is 4. The van der Waals surface area contributed by atoms with E-state index in [1.165, 1.54) is 0 Å². The molecule has 0 unspecified atom stereocenters. The number of hydrogen-bond acceptors (Lipinski definition) is 4. The number of nitrogens with zero attached hydrogens (tertiary/aromatic N) is 4. The fraction of sp³-hybridized carbons (Fsp3) is 0.172. The van der Waals surface area contributed by atoms with E-state index in [2.05, 4.69) is 21.3 Å². The van der Waals surface area contributed by atoms with Crippen LogP contribution >= 0.6 is 0 Å². The van der Waals surface area contributed by atoms with Crippen LogP contribution in [-0.4, -0.2) is 25.1 Å². The first-order chi connectivity index (χ1) is 17.5. The minimum absolute atomic E-state index is 0.179. The molecular formula is C29H23N5O2. The third-order valence-electron chi connectivity index (χ3n) is 6.93. The molecule has 3 heterocycles. The molecule has 7 nitrogen and oxygen atoms in total. The number of carbonyl (C=O) groups is 1. The Bertz CT molecular complexity index is 1790. The van der Waals surface area contributed by atoms with Crippen LogP contribution in [0.3, 0.4) is 0 Å². The molecule has 1 aliphatic rings. The smallest absolute Gasteiger partial charge is 0.264 e. The Hall–Kier alpha value is -4.70. The molecule has 3 aromatic heterocycles. The largest absolute Gasteiger partial charge is 0.344 e. The van der Waals surface area contributed by atoms with Gasteiger partial charge in [-0.1, -0.05) is 30.2 Å². The zero-order chi connectivity index (χ0) is 25.0. The number of hydrogen-bond donors (Lipinski definition) is 1. The maximum absolute atomic E-state index is 14.0. The fourth-order valence-corrected chi connectivity index (χ4v) is 5.43. The summed E-state index contributed by atoms with van der Waals surface area (Å²) in [5.41, 5.74) is 5.55. The highest BCUT2D eigenvalue weighted by Crippen LogP contribution is 2.36. The van der Waals surface area contributed by atoms with Crippen molar-refractivity contribution in [2.45, 2.75) is 32.7 Å². The summed E-state index contributed by atoms with van der Waals surface area (Å²) in [6.07, 6.45) is 10.8. The second-order valence-corrected chi connectivity index (χ2v) is 9.05. The normalized spacial score (nSPS) is 13.1. The summed E-state index contributed by atoms with van der Waals surface area (Å²) in [5, 5.41) is 9.03. The van der Waals surface area contributed by atoms with Gasteiger partial charge in [-0.05, 0) is 67.5 Å². The third-order valence-corrected chi connectivity index (χ3v) is 6.93. The number of carbonyl (C=O) groups excluding carboxylic acids is 1. The topological polar surface area (TPSA) is 81.3 Å². The van der Waals surface area contributed by atoms with Crippen molar-refractivity contribution in [2.24, 2.45) is 0 Å². The number of rotatable bonds is 4. The van der Waals surface area contributed by atoms with Crippen molar-refractivity contribution in [3.8, 4) is 18.0 Å². The van der Waals surface area contributed by atoms with Crippen molar-refractivity contribution in [3.63, 3.8) is 0 Å². The van der Waals surface area contributed by atoms with Crippen molar-refractivity contribution >= 4 is 22.3 Å². The molecule has 176 valence electrons. The van der Waals surface area contributed by atoms with Crippen LogP contribution < -0.4 is 10.9 Å². The summed E-state index contributed by atoms with van der Waals surface area (Å²) in [6, 6.07) is 14.7. The highest BCUT2D eigenvalue weighted by molar-refractivity contribution is 6.01. The van der Waals surface area contributed by atoms with E-state index < -0.39 is 6.04 Å². The van der Waals surface area contributed by atoms with Gasteiger partial charge in [0.25, 0.3) is 11.5 Å². The van der Waals surface area contributed by atoms with Crippen molar-refractivity contribution in [3.05, 3.63) is 105 Å². The molecule has 36 heavy (non-hydrogen) atoms. The van der Waals surface area contributed by atoms with E-state index in [9.17, 15) is 9.59 Å². The van der Waals surface area contributed by atoms with Gasteiger partial charge in [0.1, 0.15) is 5.56 Å². The molecule has 7 heteroatoms. The maximum Gasteiger partial charge on any atom is 0.264 e. The first-order valence-electron chi connectivity index (χ1n) is 11.9. The van der Waals surface area contributed by atoms with Gasteiger partial charge in [-0.2, -0.15) is 5.10 Å². The Labute approximate surface area is 207 Å². The third kappa shape index (κ3) is 3.15. The SMILES string of the molecule is C#Cc1ccc2c3c(c([C@@H](C)NC(=O)c4c(C)nn5cccnc45)n(-c4ccccc4)c(=O)c13)CC2. The van der Waals surface area contributed by atoms with Crippen molar-refractivity contribution in [1.29, 1.82) is 0 Å². The zero-order valence-electron chi connectivity index (χ0n) is 19.9. The van der Waals surface area contributed by atoms with Crippen molar-refractivity contribution < 1.29 is 4.79 Å². The summed E-state index contributed by atoms with van der Waals surface area (Å²) in [5.74, 6) is 2.41. The molecule has 1 N–H and O–H groups in total. The van der Waals surface area contributed by atoms with Gasteiger partial charge in [-0.15, -0.1) is 6.42 Å². The first-order valence-corrected chi connectivity index (χ1v) is 11.9. The van der Waals surface area contributed by atoms with Crippen LogP contribution in [0.15, 0.2) is 65.7 Å². The number of nitrogens with one attached hydrogen (secondary N) is 1. The molecule has 0 radical (unpaired) electrons. The first kappa shape index (κ1) is 21.8. The lowest BCUT2D eigenvalue weighted by molar-refractivity contribution is 0.0939. The van der Waals surface area contributed by atoms with E-state index in [4.69, 9.17) is 6.42 Å². The van der Waals surface area contributed by atoms with E-state index in [0.29, 0.717) is 27.9 Å². The van der Waals surface area contributed by atoms with Gasteiger partial charge in [0.15, 0.2) is 5.65 Å². The Kier molecular flexibility index (Phi) is 4.97. The van der Waals surface area contributed by atoms with E-state index >= 15 is 0 Å². The average Bonchev–Trinajstić information content (AvgIpc) is 3.46. The Morgan fingerprint density at radius 2 is 1.92 bits per heavy atom. The van der Waals surface area contributed by atoms with Crippen LogP contribution in [0.1, 0.15) is 51.4 Å². The number of terminal acetylenes is 1. The predicted molar refractivity (Wildman–Crippen MR) is 138 cm³/mol. The van der Waals surface area contributed by atoms with Gasteiger partial charge in [0, 0.05) is 23.6 Å². The number of benzene rings is 2. The van der Waals surface area contributed by atoms with E-state index in [1.54, 1.807) is 34.5 Å². The van der Waals surface area contributed by atoms with Crippen LogP contribution in [0.25, 0.3) is 22.1 Å². The second kappa shape index (κ2) is 8.21. The average molecular weight is 474 g/mol. The molecular weight excluding hydrogens is 450 g/mol. The van der Waals surface area contributed by atoms with Crippen molar-refractivity contribution in [1.82, 2.24) is 24.5 Å². The van der Waals surface area contributed by atoms with E-state index in [1.807, 2.05) is 49.4 Å². The minimum atomic E-state index is -0.469. The Balaban J connectivity index is 1.56. The van der Waals surface area contributed by atoms with Gasteiger partial charge in [0.2, 0.25) is 0 Å². The lowest BCUT2D eigenvalue weighted by Crippen LogP contribution is -2.33. The number of para-hydroxylation sites is 1. The number of aryl methyl sites for hydroxylation is 3. The number of pyridine rings is 1. The molecule has 5 aromatic rings. The van der Waals surface area contributed by atoms with Crippen LogP contribution in [0.2, 0.25) is 0 Å². The van der Waals surface area contributed by atoms with Crippen molar-refractivity contribution in [2.75, 3.05) is 0 Å². The molecule has 0 spiro atoms. The van der Waals surface area contributed by atoms with Crippen LogP contribution in [-0.2, 0) is 12.8 Å². The van der Waals surface area contributed by atoms with Gasteiger partial charge >= 0.3 is 0 Å². The summed E-state index contributed by atoms with van der Waals surface area (Å²) in [4.78, 5) is 31.9. The predicted octanol–water partition coefficient (Wildman–Crippen LogP) is 3.91. The fourth-order valence-electron chi connectivity index (χ4n) is 5.43. The van der Waals surface area contributed by atoms with Gasteiger partial charge in [0.05, 0.1) is 22.8 Å². The molecule has 1 aliphatic carbocycles. The number of amides is 1. The van der Waals surface area contributed by atoms with Crippen LogP contribution in [0, 0.1) is 19.3 Å². The Morgan fingerprint density at radius 3 is 2.69 bits per heavy atom. The quantitative estimate of drug-likeness (QED) is 0.401. The van der Waals surface area contributed by atoms with Crippen LogP contribution in [0.5, 0.6) is 0 Å². The van der Waals surface area contributed by atoms with E-state index in [-0.39, 0.29) is 11.5 Å². The van der Waals surface area contributed by atoms with Gasteiger partial charge in [-0.3, -0.25) is 14.2 Å². The minimum Gasteiger partial charge on any atom is -0.344 e. The molecule has 6 rings (SSSR count). The lowest BCUT2D eigenvalue weighted by Gasteiger charge is -2.24. The number of fused-ring (bicyclic) bond motifs is 1.